The minimum absolute atomic E-state index is 0.00852. The molecule has 1 aliphatic heterocycles. The number of carboxylic acid groups (broad SMARTS) is 2. The van der Waals surface area contributed by atoms with Gasteiger partial charge in [0.2, 0.25) is 0 Å². The zero-order chi connectivity index (χ0) is 19.7. The lowest BCUT2D eigenvalue weighted by Gasteiger charge is -2.38. The molecule has 0 spiro atoms. The number of halogens is 1. The van der Waals surface area contributed by atoms with Crippen LogP contribution in [0.2, 0.25) is 0 Å². The van der Waals surface area contributed by atoms with Gasteiger partial charge in [0.25, 0.3) is 5.91 Å². The number of carboxylic acids is 2. The van der Waals surface area contributed by atoms with Crippen molar-refractivity contribution in [2.75, 3.05) is 26.2 Å². The lowest BCUT2D eigenvalue weighted by atomic mass is 10.1. The van der Waals surface area contributed by atoms with Gasteiger partial charge in [-0.3, -0.25) is 9.69 Å². The Hall–Kier alpha value is -2.48. The van der Waals surface area contributed by atoms with Crippen LogP contribution in [-0.2, 0) is 9.59 Å². The van der Waals surface area contributed by atoms with Gasteiger partial charge in [-0.1, -0.05) is 13.8 Å². The van der Waals surface area contributed by atoms with Crippen LogP contribution >= 0.6 is 0 Å². The van der Waals surface area contributed by atoms with E-state index in [2.05, 4.69) is 18.7 Å². The number of nitrogens with zero attached hydrogens (tertiary/aromatic N) is 2. The van der Waals surface area contributed by atoms with Crippen molar-refractivity contribution in [3.05, 3.63) is 35.6 Å². The summed E-state index contributed by atoms with van der Waals surface area (Å²) in [7, 11) is 0. The highest BCUT2D eigenvalue weighted by Crippen LogP contribution is 2.14. The molecule has 1 amide bonds. The van der Waals surface area contributed by atoms with E-state index in [-0.39, 0.29) is 11.7 Å². The first-order valence-corrected chi connectivity index (χ1v) is 8.55. The lowest BCUT2D eigenvalue weighted by molar-refractivity contribution is -0.159. The molecule has 1 aromatic rings. The average molecular weight is 368 g/mol. The van der Waals surface area contributed by atoms with E-state index in [0.717, 1.165) is 39.0 Å². The predicted octanol–water partition coefficient (Wildman–Crippen LogP) is 1.93. The van der Waals surface area contributed by atoms with Crippen molar-refractivity contribution in [3.8, 4) is 0 Å². The largest absolute Gasteiger partial charge is 0.473 e. The number of hydrogen-bond acceptors (Lipinski definition) is 4. The maximum atomic E-state index is 12.9. The van der Waals surface area contributed by atoms with E-state index in [1.165, 1.54) is 12.1 Å². The maximum absolute atomic E-state index is 12.9. The number of amides is 1. The third-order valence-corrected chi connectivity index (χ3v) is 4.33. The van der Waals surface area contributed by atoms with E-state index in [0.29, 0.717) is 11.6 Å². The van der Waals surface area contributed by atoms with Crippen LogP contribution in [-0.4, -0.2) is 70.1 Å². The molecule has 2 rings (SSSR count). The molecule has 0 atom stereocenters. The first-order valence-electron chi connectivity index (χ1n) is 8.55. The molecule has 144 valence electrons. The molecular weight excluding hydrogens is 343 g/mol. The molecule has 0 radical (unpaired) electrons. The normalized spacial score (nSPS) is 14.5. The van der Waals surface area contributed by atoms with Gasteiger partial charge in [-0.05, 0) is 37.1 Å². The monoisotopic (exact) mass is 368 g/mol. The van der Waals surface area contributed by atoms with E-state index in [4.69, 9.17) is 19.8 Å². The molecule has 0 saturated carbocycles. The minimum atomic E-state index is -1.82. The Bertz CT molecular complexity index is 597. The Kier molecular flexibility index (Phi) is 8.71. The van der Waals surface area contributed by atoms with Gasteiger partial charge in [0.1, 0.15) is 5.82 Å². The molecule has 0 aromatic heterocycles. The quantitative estimate of drug-likeness (QED) is 0.788. The first-order chi connectivity index (χ1) is 12.3. The smallest absolute Gasteiger partial charge is 0.414 e. The van der Waals surface area contributed by atoms with Gasteiger partial charge in [-0.25, -0.2) is 14.0 Å². The van der Waals surface area contributed by atoms with Crippen molar-refractivity contribution < 1.29 is 29.0 Å². The van der Waals surface area contributed by atoms with E-state index in [9.17, 15) is 9.18 Å². The SMILES string of the molecule is CCC(CC)N1CCN(C(=O)c2ccc(F)cc2)CC1.O=C(O)C(=O)O. The van der Waals surface area contributed by atoms with Crippen molar-refractivity contribution in [1.29, 1.82) is 0 Å². The van der Waals surface area contributed by atoms with Gasteiger partial charge in [-0.2, -0.15) is 0 Å². The molecule has 0 unspecified atom stereocenters. The van der Waals surface area contributed by atoms with Crippen molar-refractivity contribution in [2.45, 2.75) is 32.7 Å². The zero-order valence-electron chi connectivity index (χ0n) is 15.0. The molecule has 8 heteroatoms. The highest BCUT2D eigenvalue weighted by molar-refractivity contribution is 6.27. The third kappa shape index (κ3) is 6.44. The Labute approximate surface area is 152 Å². The summed E-state index contributed by atoms with van der Waals surface area (Å²) in [6.45, 7) is 7.80. The number of carbonyl (C=O) groups is 3. The summed E-state index contributed by atoms with van der Waals surface area (Å²) in [6, 6.07) is 6.43. The summed E-state index contributed by atoms with van der Waals surface area (Å²) in [5.74, 6) is -3.95. The Morgan fingerprint density at radius 2 is 1.42 bits per heavy atom. The van der Waals surface area contributed by atoms with Gasteiger partial charge >= 0.3 is 11.9 Å². The zero-order valence-corrected chi connectivity index (χ0v) is 15.0. The number of hydrogen-bond donors (Lipinski definition) is 2. The number of rotatable bonds is 4. The molecule has 7 nitrogen and oxygen atoms in total. The fourth-order valence-corrected chi connectivity index (χ4v) is 2.87. The van der Waals surface area contributed by atoms with Gasteiger partial charge in [0.15, 0.2) is 0 Å². The maximum Gasteiger partial charge on any atom is 0.414 e. The van der Waals surface area contributed by atoms with Crippen LogP contribution in [0, 0.1) is 5.82 Å². The Balaban J connectivity index is 0.000000487. The van der Waals surface area contributed by atoms with Crippen LogP contribution < -0.4 is 0 Å². The summed E-state index contributed by atoms with van der Waals surface area (Å²) in [5, 5.41) is 14.8. The second kappa shape index (κ2) is 10.5. The van der Waals surface area contributed by atoms with Crippen LogP contribution in [0.3, 0.4) is 0 Å². The summed E-state index contributed by atoms with van der Waals surface area (Å²) in [4.78, 5) is 34.8. The molecule has 1 heterocycles. The van der Waals surface area contributed by atoms with Gasteiger partial charge < -0.3 is 15.1 Å². The summed E-state index contributed by atoms with van der Waals surface area (Å²) >= 11 is 0. The van der Waals surface area contributed by atoms with Crippen LogP contribution in [0.15, 0.2) is 24.3 Å². The van der Waals surface area contributed by atoms with E-state index < -0.39 is 11.9 Å². The van der Waals surface area contributed by atoms with Crippen molar-refractivity contribution >= 4 is 17.8 Å². The van der Waals surface area contributed by atoms with Crippen molar-refractivity contribution in [3.63, 3.8) is 0 Å². The molecule has 1 aromatic carbocycles. The number of aliphatic carboxylic acids is 2. The molecule has 1 saturated heterocycles. The van der Waals surface area contributed by atoms with Crippen molar-refractivity contribution in [2.24, 2.45) is 0 Å². The lowest BCUT2D eigenvalue weighted by Crippen LogP contribution is -2.51. The third-order valence-electron chi connectivity index (χ3n) is 4.33. The van der Waals surface area contributed by atoms with Crippen LogP contribution in [0.1, 0.15) is 37.0 Å². The van der Waals surface area contributed by atoms with Gasteiger partial charge in [0.05, 0.1) is 0 Å². The second-order valence-electron chi connectivity index (χ2n) is 5.92. The Morgan fingerprint density at radius 1 is 0.962 bits per heavy atom. The molecule has 1 aliphatic rings. The molecule has 1 fully saturated rings. The Morgan fingerprint density at radius 3 is 1.81 bits per heavy atom. The summed E-state index contributed by atoms with van der Waals surface area (Å²) in [6.07, 6.45) is 2.31. The standard InChI is InChI=1S/C16H23FN2O.C2H2O4/c1-3-15(4-2)18-9-11-19(12-10-18)16(20)13-5-7-14(17)8-6-13;3-1(4)2(5)6/h5-8,15H,3-4,9-12H2,1-2H3;(H,3,4)(H,5,6). The van der Waals surface area contributed by atoms with Crippen LogP contribution in [0.25, 0.3) is 0 Å². The summed E-state index contributed by atoms with van der Waals surface area (Å²) < 4.78 is 12.9. The van der Waals surface area contributed by atoms with E-state index in [1.807, 2.05) is 4.90 Å². The molecule has 0 aliphatic carbocycles. The van der Waals surface area contributed by atoms with Gasteiger partial charge in [-0.15, -0.1) is 0 Å². The number of carbonyl (C=O) groups excluding carboxylic acids is 1. The molecule has 26 heavy (non-hydrogen) atoms. The fraction of sp³-hybridized carbons (Fsp3) is 0.500. The second-order valence-corrected chi connectivity index (χ2v) is 5.92. The number of benzene rings is 1. The van der Waals surface area contributed by atoms with Crippen LogP contribution in [0.5, 0.6) is 0 Å². The highest BCUT2D eigenvalue weighted by atomic mass is 19.1. The predicted molar refractivity (Wildman–Crippen MR) is 93.5 cm³/mol. The fourth-order valence-electron chi connectivity index (χ4n) is 2.87. The molecule has 0 bridgehead atoms. The van der Waals surface area contributed by atoms with E-state index in [1.54, 1.807) is 12.1 Å². The molecular formula is C18H25FN2O5. The average Bonchev–Trinajstić information content (AvgIpc) is 2.64. The van der Waals surface area contributed by atoms with E-state index >= 15 is 0 Å². The topological polar surface area (TPSA) is 98.2 Å². The van der Waals surface area contributed by atoms with Crippen LogP contribution in [0.4, 0.5) is 4.39 Å². The minimum Gasteiger partial charge on any atom is -0.473 e. The van der Waals surface area contributed by atoms with Gasteiger partial charge in [0, 0.05) is 37.8 Å². The first kappa shape index (κ1) is 21.6. The highest BCUT2D eigenvalue weighted by Gasteiger charge is 2.25. The molecule has 2 N–H and O–H groups in total. The van der Waals surface area contributed by atoms with Crippen molar-refractivity contribution in [1.82, 2.24) is 9.80 Å². The summed E-state index contributed by atoms with van der Waals surface area (Å²) in [5.41, 5.74) is 0.572. The number of piperazine rings is 1.